The number of aromatic hydroxyl groups is 1. The molecule has 1 saturated carbocycles. The summed E-state index contributed by atoms with van der Waals surface area (Å²) in [5.41, 5.74) is 0.509. The number of anilines is 1. The molecule has 3 rings (SSSR count). The molecule has 0 heterocycles. The van der Waals surface area contributed by atoms with E-state index in [0.29, 0.717) is 28.9 Å². The fourth-order valence-electron chi connectivity index (χ4n) is 2.22. The lowest BCUT2D eigenvalue weighted by Crippen LogP contribution is -2.36. The molecule has 1 aliphatic rings. The fourth-order valence-corrected chi connectivity index (χ4v) is 2.22. The SMILES string of the molecule is O=C(NCC1CC1)C(=O)Nc1cccc2c(O)cccc12. The first-order valence-electron chi connectivity index (χ1n) is 6.95. The van der Waals surface area contributed by atoms with E-state index in [1.807, 2.05) is 0 Å². The summed E-state index contributed by atoms with van der Waals surface area (Å²) in [6, 6.07) is 10.2. The topological polar surface area (TPSA) is 78.4 Å². The van der Waals surface area contributed by atoms with E-state index < -0.39 is 11.8 Å². The van der Waals surface area contributed by atoms with Gasteiger partial charge in [-0.3, -0.25) is 9.59 Å². The minimum absolute atomic E-state index is 0.141. The molecule has 5 heteroatoms. The first kappa shape index (κ1) is 13.4. The van der Waals surface area contributed by atoms with Crippen LogP contribution in [0.1, 0.15) is 12.8 Å². The molecule has 0 atom stereocenters. The van der Waals surface area contributed by atoms with E-state index in [1.165, 1.54) is 0 Å². The molecule has 2 aromatic rings. The lowest BCUT2D eigenvalue weighted by Gasteiger charge is -2.09. The van der Waals surface area contributed by atoms with Crippen LogP contribution in [0.15, 0.2) is 36.4 Å². The van der Waals surface area contributed by atoms with Crippen molar-refractivity contribution in [2.75, 3.05) is 11.9 Å². The van der Waals surface area contributed by atoms with E-state index in [2.05, 4.69) is 10.6 Å². The number of carbonyl (C=O) groups excluding carboxylic acids is 2. The van der Waals surface area contributed by atoms with E-state index >= 15 is 0 Å². The third-order valence-corrected chi connectivity index (χ3v) is 3.60. The maximum absolute atomic E-state index is 11.9. The predicted octanol–water partition coefficient (Wildman–Crippen LogP) is 2.01. The van der Waals surface area contributed by atoms with Crippen LogP contribution in [0.2, 0.25) is 0 Å². The second kappa shape index (κ2) is 5.44. The summed E-state index contributed by atoms with van der Waals surface area (Å²) >= 11 is 0. The van der Waals surface area contributed by atoms with Gasteiger partial charge in [0.05, 0.1) is 0 Å². The van der Waals surface area contributed by atoms with Gasteiger partial charge in [-0.15, -0.1) is 0 Å². The van der Waals surface area contributed by atoms with Gasteiger partial charge in [0, 0.05) is 23.0 Å². The predicted molar refractivity (Wildman–Crippen MR) is 80.0 cm³/mol. The van der Waals surface area contributed by atoms with Crippen LogP contribution in [0.25, 0.3) is 10.8 Å². The summed E-state index contributed by atoms with van der Waals surface area (Å²) in [5.74, 6) is -0.649. The van der Waals surface area contributed by atoms with Gasteiger partial charge < -0.3 is 15.7 Å². The summed E-state index contributed by atoms with van der Waals surface area (Å²) in [6.07, 6.45) is 2.23. The van der Waals surface area contributed by atoms with Crippen molar-refractivity contribution in [2.24, 2.45) is 5.92 Å². The first-order valence-corrected chi connectivity index (χ1v) is 6.95. The molecule has 0 aromatic heterocycles. The van der Waals surface area contributed by atoms with Gasteiger partial charge in [-0.25, -0.2) is 0 Å². The Kier molecular flexibility index (Phi) is 3.48. The van der Waals surface area contributed by atoms with Crippen molar-refractivity contribution in [3.05, 3.63) is 36.4 Å². The number of phenolic OH excluding ortho intramolecular Hbond substituents is 1. The zero-order chi connectivity index (χ0) is 14.8. The van der Waals surface area contributed by atoms with Crippen molar-refractivity contribution in [3.8, 4) is 5.75 Å². The zero-order valence-electron chi connectivity index (χ0n) is 11.4. The second-order valence-electron chi connectivity index (χ2n) is 5.29. The maximum Gasteiger partial charge on any atom is 0.313 e. The molecule has 1 fully saturated rings. The lowest BCUT2D eigenvalue weighted by molar-refractivity contribution is -0.136. The number of carbonyl (C=O) groups is 2. The smallest absolute Gasteiger partial charge is 0.313 e. The first-order chi connectivity index (χ1) is 10.1. The Bertz CT molecular complexity index is 708. The summed E-state index contributed by atoms with van der Waals surface area (Å²) < 4.78 is 0. The number of nitrogens with one attached hydrogen (secondary N) is 2. The third-order valence-electron chi connectivity index (χ3n) is 3.60. The van der Waals surface area contributed by atoms with Crippen LogP contribution in [0.4, 0.5) is 5.69 Å². The second-order valence-corrected chi connectivity index (χ2v) is 5.29. The molecule has 0 aliphatic heterocycles. The highest BCUT2D eigenvalue weighted by Gasteiger charge is 2.23. The molecule has 0 bridgehead atoms. The van der Waals surface area contributed by atoms with Crippen LogP contribution in [0, 0.1) is 5.92 Å². The Morgan fingerprint density at radius 3 is 2.52 bits per heavy atom. The van der Waals surface area contributed by atoms with Gasteiger partial charge in [-0.2, -0.15) is 0 Å². The van der Waals surface area contributed by atoms with E-state index in [1.54, 1.807) is 36.4 Å². The molecule has 2 amide bonds. The molecule has 0 saturated heterocycles. The molecule has 0 spiro atoms. The standard InChI is InChI=1S/C16H16N2O3/c19-14-6-2-3-11-12(14)4-1-5-13(11)18-16(21)15(20)17-9-10-7-8-10/h1-6,10,19H,7-9H2,(H,17,20)(H,18,21). The van der Waals surface area contributed by atoms with E-state index in [0.717, 1.165) is 12.8 Å². The van der Waals surface area contributed by atoms with E-state index in [9.17, 15) is 14.7 Å². The highest BCUT2D eigenvalue weighted by atomic mass is 16.3. The van der Waals surface area contributed by atoms with Crippen molar-refractivity contribution in [2.45, 2.75) is 12.8 Å². The number of rotatable bonds is 3. The van der Waals surface area contributed by atoms with Crippen LogP contribution in [0.5, 0.6) is 5.75 Å². The average Bonchev–Trinajstić information content (AvgIpc) is 3.30. The van der Waals surface area contributed by atoms with Gasteiger partial charge >= 0.3 is 11.8 Å². The van der Waals surface area contributed by atoms with Crippen LogP contribution < -0.4 is 10.6 Å². The van der Waals surface area contributed by atoms with Crippen LogP contribution in [-0.4, -0.2) is 23.5 Å². The number of hydrogen-bond donors (Lipinski definition) is 3. The number of amides is 2. The molecule has 0 unspecified atom stereocenters. The van der Waals surface area contributed by atoms with Crippen molar-refractivity contribution >= 4 is 28.3 Å². The number of hydrogen-bond acceptors (Lipinski definition) is 3. The van der Waals surface area contributed by atoms with Crippen LogP contribution in [-0.2, 0) is 9.59 Å². The Morgan fingerprint density at radius 2 is 1.76 bits per heavy atom. The third kappa shape index (κ3) is 2.97. The Hall–Kier alpha value is -2.56. The molecule has 108 valence electrons. The van der Waals surface area contributed by atoms with Crippen LogP contribution >= 0.6 is 0 Å². The molecular weight excluding hydrogens is 268 g/mol. The Labute approximate surface area is 122 Å². The van der Waals surface area contributed by atoms with E-state index in [-0.39, 0.29) is 5.75 Å². The quantitative estimate of drug-likeness (QED) is 0.754. The Morgan fingerprint density at radius 1 is 1.05 bits per heavy atom. The minimum atomic E-state index is -0.688. The summed E-state index contributed by atoms with van der Waals surface area (Å²) in [5, 5.41) is 16.3. The van der Waals surface area contributed by atoms with Gasteiger partial charge in [0.1, 0.15) is 5.75 Å². The van der Waals surface area contributed by atoms with Gasteiger partial charge in [-0.1, -0.05) is 24.3 Å². The monoisotopic (exact) mass is 284 g/mol. The largest absolute Gasteiger partial charge is 0.507 e. The van der Waals surface area contributed by atoms with Crippen molar-refractivity contribution in [1.82, 2.24) is 5.32 Å². The highest BCUT2D eigenvalue weighted by molar-refractivity contribution is 6.40. The van der Waals surface area contributed by atoms with Crippen molar-refractivity contribution in [3.63, 3.8) is 0 Å². The molecule has 2 aromatic carbocycles. The lowest BCUT2D eigenvalue weighted by atomic mass is 10.1. The van der Waals surface area contributed by atoms with Gasteiger partial charge in [0.25, 0.3) is 0 Å². The molecule has 1 aliphatic carbocycles. The van der Waals surface area contributed by atoms with Crippen molar-refractivity contribution < 1.29 is 14.7 Å². The minimum Gasteiger partial charge on any atom is -0.507 e. The molecule has 0 radical (unpaired) electrons. The van der Waals surface area contributed by atoms with Gasteiger partial charge in [0.15, 0.2) is 0 Å². The number of phenols is 1. The molecule has 3 N–H and O–H groups in total. The summed E-state index contributed by atoms with van der Waals surface area (Å²) in [6.45, 7) is 0.558. The molecule has 5 nitrogen and oxygen atoms in total. The maximum atomic E-state index is 11.9. The van der Waals surface area contributed by atoms with Crippen LogP contribution in [0.3, 0.4) is 0 Å². The normalized spacial score (nSPS) is 13.9. The molecule has 21 heavy (non-hydrogen) atoms. The zero-order valence-corrected chi connectivity index (χ0v) is 11.4. The van der Waals surface area contributed by atoms with Gasteiger partial charge in [-0.05, 0) is 30.9 Å². The number of benzene rings is 2. The summed E-state index contributed by atoms with van der Waals surface area (Å²) in [4.78, 5) is 23.6. The summed E-state index contributed by atoms with van der Waals surface area (Å²) in [7, 11) is 0. The van der Waals surface area contributed by atoms with Gasteiger partial charge in [0.2, 0.25) is 0 Å². The Balaban J connectivity index is 1.76. The molecular formula is C16H16N2O3. The van der Waals surface area contributed by atoms with E-state index in [4.69, 9.17) is 0 Å². The fraction of sp³-hybridized carbons (Fsp3) is 0.250. The highest BCUT2D eigenvalue weighted by Crippen LogP contribution is 2.30. The average molecular weight is 284 g/mol. The van der Waals surface area contributed by atoms with Crippen molar-refractivity contribution in [1.29, 1.82) is 0 Å². The number of fused-ring (bicyclic) bond motifs is 1.